The number of hydrogen-bond acceptors (Lipinski definition) is 5. The molecule has 0 saturated carbocycles. The van der Waals surface area contributed by atoms with Crippen LogP contribution in [0, 0.1) is 12.8 Å². The summed E-state index contributed by atoms with van der Waals surface area (Å²) in [7, 11) is 0. The zero-order valence-electron chi connectivity index (χ0n) is 12.2. The molecule has 1 aromatic carbocycles. The van der Waals surface area contributed by atoms with Crippen LogP contribution in [-0.2, 0) is 0 Å². The summed E-state index contributed by atoms with van der Waals surface area (Å²) in [6, 6.07) is 8.64. The number of fused-ring (bicyclic) bond motifs is 1. The fraction of sp³-hybridized carbons (Fsp3) is 0.176. The number of aryl methyl sites for hydroxylation is 1. The Morgan fingerprint density at radius 2 is 2.23 bits per heavy atom. The molecule has 1 aliphatic heterocycles. The first-order chi connectivity index (χ1) is 10.7. The number of nitrogens with one attached hydrogen (secondary N) is 1. The van der Waals surface area contributed by atoms with Crippen LogP contribution in [0.15, 0.2) is 47.6 Å². The van der Waals surface area contributed by atoms with E-state index in [0.717, 1.165) is 16.1 Å². The number of hydrogen-bond donors (Lipinski definition) is 2. The molecule has 4 nitrogen and oxygen atoms in total. The highest BCUT2D eigenvalue weighted by atomic mass is 32.1. The van der Waals surface area contributed by atoms with Gasteiger partial charge < -0.3 is 11.2 Å². The molecule has 1 aliphatic carbocycles. The van der Waals surface area contributed by atoms with Crippen LogP contribution < -0.4 is 11.2 Å². The number of nitrogens with two attached hydrogens (primary N) is 1. The normalized spacial score (nSPS) is 22.3. The number of nitrogen functional groups attached to an aromatic ring is 1. The van der Waals surface area contributed by atoms with Crippen LogP contribution in [0.25, 0.3) is 16.8 Å². The molecule has 4 rings (SSSR count). The summed E-state index contributed by atoms with van der Waals surface area (Å²) >= 11 is 1.54. The summed E-state index contributed by atoms with van der Waals surface area (Å²) in [4.78, 5) is 5.68. The van der Waals surface area contributed by atoms with E-state index in [9.17, 15) is 0 Å². The van der Waals surface area contributed by atoms with Gasteiger partial charge in [-0.3, -0.25) is 0 Å². The fourth-order valence-electron chi connectivity index (χ4n) is 2.85. The van der Waals surface area contributed by atoms with E-state index in [2.05, 4.69) is 64.9 Å². The molecule has 22 heavy (non-hydrogen) atoms. The van der Waals surface area contributed by atoms with Gasteiger partial charge in [0.15, 0.2) is 5.13 Å². The topological polar surface area (TPSA) is 63.3 Å². The van der Waals surface area contributed by atoms with E-state index in [1.807, 2.05) is 6.21 Å². The quantitative estimate of drug-likeness (QED) is 0.895. The second kappa shape index (κ2) is 5.10. The Morgan fingerprint density at radius 1 is 1.32 bits per heavy atom. The van der Waals surface area contributed by atoms with Crippen molar-refractivity contribution >= 4 is 28.3 Å². The van der Waals surface area contributed by atoms with E-state index in [1.54, 1.807) is 0 Å². The van der Waals surface area contributed by atoms with E-state index >= 15 is 0 Å². The highest BCUT2D eigenvalue weighted by molar-refractivity contribution is 7.17. The third-order valence-corrected chi connectivity index (χ3v) is 4.87. The van der Waals surface area contributed by atoms with Gasteiger partial charge >= 0.3 is 0 Å². The molecule has 2 atom stereocenters. The minimum absolute atomic E-state index is 0.274. The third-order valence-electron chi connectivity index (χ3n) is 3.94. The highest BCUT2D eigenvalue weighted by Crippen LogP contribution is 2.38. The molecule has 3 N–H and O–H groups in total. The van der Waals surface area contributed by atoms with Gasteiger partial charge in [-0.25, -0.2) is 4.98 Å². The van der Waals surface area contributed by atoms with Crippen molar-refractivity contribution in [2.24, 2.45) is 11.0 Å². The second-order valence-electron chi connectivity index (χ2n) is 5.59. The lowest BCUT2D eigenvalue weighted by molar-refractivity contribution is 0.624. The minimum atomic E-state index is 0.274. The summed E-state index contributed by atoms with van der Waals surface area (Å²) < 4.78 is 0. The molecule has 0 saturated heterocycles. The maximum absolute atomic E-state index is 5.99. The zero-order valence-corrected chi connectivity index (χ0v) is 13.0. The lowest BCUT2D eigenvalue weighted by Crippen LogP contribution is -2.25. The third kappa shape index (κ3) is 2.23. The maximum Gasteiger partial charge on any atom is 0.181 e. The first-order valence-corrected chi connectivity index (χ1v) is 8.05. The van der Waals surface area contributed by atoms with E-state index in [4.69, 9.17) is 5.73 Å². The maximum atomic E-state index is 5.99. The Bertz CT molecular complexity index is 816. The second-order valence-corrected chi connectivity index (χ2v) is 6.62. The Kier molecular flexibility index (Phi) is 3.08. The first kappa shape index (κ1) is 13.3. The molecule has 0 bridgehead atoms. The highest BCUT2D eigenvalue weighted by Gasteiger charge is 2.25. The zero-order chi connectivity index (χ0) is 15.1. The van der Waals surface area contributed by atoms with Gasteiger partial charge in [0.05, 0.1) is 16.6 Å². The van der Waals surface area contributed by atoms with Crippen molar-refractivity contribution in [3.63, 3.8) is 0 Å². The number of thiazole rings is 1. The smallest absolute Gasteiger partial charge is 0.181 e. The summed E-state index contributed by atoms with van der Waals surface area (Å²) in [5, 5.41) is 4.74. The van der Waals surface area contributed by atoms with Gasteiger partial charge in [0.1, 0.15) is 0 Å². The van der Waals surface area contributed by atoms with Crippen molar-refractivity contribution in [3.8, 4) is 11.3 Å². The van der Waals surface area contributed by atoms with Gasteiger partial charge in [-0.05, 0) is 18.6 Å². The molecule has 110 valence electrons. The van der Waals surface area contributed by atoms with Gasteiger partial charge in [-0.2, -0.15) is 5.10 Å². The molecule has 0 spiro atoms. The number of nitrogens with zero attached hydrogens (tertiary/aromatic N) is 2. The predicted molar refractivity (Wildman–Crippen MR) is 92.7 cm³/mol. The Morgan fingerprint density at radius 3 is 3.09 bits per heavy atom. The van der Waals surface area contributed by atoms with E-state index in [-0.39, 0.29) is 6.04 Å². The number of aromatic nitrogens is 1. The first-order valence-electron chi connectivity index (χ1n) is 7.23. The Balaban J connectivity index is 1.80. The van der Waals surface area contributed by atoms with Crippen LogP contribution in [0.2, 0.25) is 0 Å². The molecule has 0 amide bonds. The van der Waals surface area contributed by atoms with Gasteiger partial charge in [-0.1, -0.05) is 53.3 Å². The van der Waals surface area contributed by atoms with E-state index in [0.29, 0.717) is 11.0 Å². The van der Waals surface area contributed by atoms with Gasteiger partial charge in [0.2, 0.25) is 0 Å². The van der Waals surface area contributed by atoms with Gasteiger partial charge in [0, 0.05) is 17.7 Å². The summed E-state index contributed by atoms with van der Waals surface area (Å²) in [6.45, 7) is 2.09. The van der Waals surface area contributed by atoms with Crippen molar-refractivity contribution in [1.29, 1.82) is 0 Å². The molecule has 2 heterocycles. The van der Waals surface area contributed by atoms with Crippen LogP contribution in [0.1, 0.15) is 10.4 Å². The van der Waals surface area contributed by atoms with Gasteiger partial charge in [0.25, 0.3) is 0 Å². The molecule has 0 fully saturated rings. The number of benzene rings is 1. The lowest BCUT2D eigenvalue weighted by Gasteiger charge is -2.17. The molecule has 2 aliphatic rings. The number of allylic oxidation sites excluding steroid dienone is 2. The van der Waals surface area contributed by atoms with Crippen LogP contribution in [0.4, 0.5) is 5.13 Å². The number of hydrazone groups is 1. The monoisotopic (exact) mass is 308 g/mol. The number of rotatable bonds is 2. The predicted octanol–water partition coefficient (Wildman–Crippen LogP) is 3.23. The Labute approximate surface area is 133 Å². The molecule has 0 radical (unpaired) electrons. The van der Waals surface area contributed by atoms with Crippen LogP contribution in [0.5, 0.6) is 0 Å². The molecule has 2 aromatic rings. The minimum Gasteiger partial charge on any atom is -0.375 e. The largest absolute Gasteiger partial charge is 0.375 e. The van der Waals surface area contributed by atoms with Crippen molar-refractivity contribution in [2.45, 2.75) is 13.0 Å². The van der Waals surface area contributed by atoms with Crippen LogP contribution in [0.3, 0.4) is 0 Å². The van der Waals surface area contributed by atoms with Gasteiger partial charge in [-0.15, -0.1) is 0 Å². The summed E-state index contributed by atoms with van der Waals surface area (Å²) in [5.41, 5.74) is 13.5. The van der Waals surface area contributed by atoms with Crippen molar-refractivity contribution in [3.05, 3.63) is 52.9 Å². The molecule has 1 aromatic heterocycles. The standard InChI is InChI=1S/C17H16N4S/c1-10-3-2-4-11(7-10)15-16(22-17(18)20-15)12-5-6-14-13(8-12)9-19-21-14/h2-9,13-14,21H,1H3,(H2,18,20). The summed E-state index contributed by atoms with van der Waals surface area (Å²) in [5.74, 6) is 0.300. The molecular formula is C17H16N4S. The van der Waals surface area contributed by atoms with Crippen LogP contribution >= 0.6 is 11.3 Å². The molecular weight excluding hydrogens is 292 g/mol. The fourth-order valence-corrected chi connectivity index (χ4v) is 3.71. The van der Waals surface area contributed by atoms with E-state index < -0.39 is 0 Å². The van der Waals surface area contributed by atoms with Crippen molar-refractivity contribution in [1.82, 2.24) is 10.4 Å². The molecule has 5 heteroatoms. The van der Waals surface area contributed by atoms with Crippen molar-refractivity contribution < 1.29 is 0 Å². The summed E-state index contributed by atoms with van der Waals surface area (Å²) in [6.07, 6.45) is 8.48. The van der Waals surface area contributed by atoms with E-state index in [1.165, 1.54) is 22.5 Å². The Hall–Kier alpha value is -2.40. The van der Waals surface area contributed by atoms with Crippen molar-refractivity contribution in [2.75, 3.05) is 5.73 Å². The SMILES string of the molecule is Cc1cccc(-c2nc(N)sc2C2=CC3C=NNC3C=C2)c1. The number of anilines is 1. The average molecular weight is 308 g/mol. The molecule has 2 unspecified atom stereocenters. The average Bonchev–Trinajstić information content (AvgIpc) is 3.12. The lowest BCUT2D eigenvalue weighted by atomic mass is 9.92. The van der Waals surface area contributed by atoms with Crippen LogP contribution in [-0.4, -0.2) is 17.2 Å².